The molecule has 0 aromatic heterocycles. The highest BCUT2D eigenvalue weighted by Crippen LogP contribution is 2.25. The predicted molar refractivity (Wildman–Crippen MR) is 73.0 cm³/mol. The van der Waals surface area contributed by atoms with Gasteiger partial charge in [0.1, 0.15) is 6.04 Å². The molecule has 98 valence electrons. The van der Waals surface area contributed by atoms with Crippen LogP contribution in [0, 0.1) is 5.92 Å². The fourth-order valence-corrected chi connectivity index (χ4v) is 2.71. The molecule has 1 aromatic rings. The van der Waals surface area contributed by atoms with E-state index in [0.717, 1.165) is 12.1 Å². The SMILES string of the molecule is CN(CC1CCCC1)C(=O)[C@H](N)c1ccccc1. The van der Waals surface area contributed by atoms with Gasteiger partial charge in [0.15, 0.2) is 0 Å². The van der Waals surface area contributed by atoms with E-state index in [1.54, 1.807) is 4.90 Å². The van der Waals surface area contributed by atoms with Gasteiger partial charge in [0.2, 0.25) is 5.91 Å². The zero-order valence-electron chi connectivity index (χ0n) is 11.0. The molecule has 0 spiro atoms. The number of nitrogens with zero attached hydrogens (tertiary/aromatic N) is 1. The average molecular weight is 246 g/mol. The fourth-order valence-electron chi connectivity index (χ4n) is 2.71. The van der Waals surface area contributed by atoms with Gasteiger partial charge in [-0.05, 0) is 24.3 Å². The normalized spacial score (nSPS) is 17.7. The Balaban J connectivity index is 1.93. The Morgan fingerprint density at radius 2 is 1.94 bits per heavy atom. The molecule has 0 radical (unpaired) electrons. The highest BCUT2D eigenvalue weighted by molar-refractivity contribution is 5.82. The van der Waals surface area contributed by atoms with Gasteiger partial charge in [-0.3, -0.25) is 4.79 Å². The maximum Gasteiger partial charge on any atom is 0.243 e. The molecular formula is C15H22N2O. The predicted octanol–water partition coefficient (Wildman–Crippen LogP) is 2.33. The lowest BCUT2D eigenvalue weighted by Gasteiger charge is -2.24. The van der Waals surface area contributed by atoms with Crippen LogP contribution in [0.15, 0.2) is 30.3 Å². The molecule has 0 unspecified atom stereocenters. The molecule has 2 rings (SSSR count). The van der Waals surface area contributed by atoms with Crippen molar-refractivity contribution in [3.63, 3.8) is 0 Å². The van der Waals surface area contributed by atoms with E-state index in [1.165, 1.54) is 25.7 Å². The van der Waals surface area contributed by atoms with Crippen molar-refractivity contribution in [2.75, 3.05) is 13.6 Å². The molecule has 18 heavy (non-hydrogen) atoms. The van der Waals surface area contributed by atoms with Crippen LogP contribution < -0.4 is 5.73 Å². The van der Waals surface area contributed by atoms with Gasteiger partial charge in [0.05, 0.1) is 0 Å². The van der Waals surface area contributed by atoms with Crippen LogP contribution in [0.3, 0.4) is 0 Å². The van der Waals surface area contributed by atoms with E-state index in [0.29, 0.717) is 5.92 Å². The first-order valence-corrected chi connectivity index (χ1v) is 6.74. The smallest absolute Gasteiger partial charge is 0.243 e. The van der Waals surface area contributed by atoms with E-state index in [4.69, 9.17) is 5.73 Å². The first kappa shape index (κ1) is 13.1. The maximum atomic E-state index is 12.2. The minimum absolute atomic E-state index is 0.0214. The van der Waals surface area contributed by atoms with Crippen LogP contribution >= 0.6 is 0 Å². The second-order valence-corrected chi connectivity index (χ2v) is 5.26. The molecular weight excluding hydrogens is 224 g/mol. The van der Waals surface area contributed by atoms with Crippen molar-refractivity contribution in [1.29, 1.82) is 0 Å². The Kier molecular flexibility index (Phi) is 4.37. The van der Waals surface area contributed by atoms with Gasteiger partial charge in [-0.1, -0.05) is 43.2 Å². The Morgan fingerprint density at radius 3 is 2.56 bits per heavy atom. The second kappa shape index (κ2) is 6.01. The average Bonchev–Trinajstić information content (AvgIpc) is 2.91. The third-order valence-electron chi connectivity index (χ3n) is 3.81. The molecule has 1 saturated carbocycles. The molecule has 1 atom stereocenters. The standard InChI is InChI=1S/C15H22N2O/c1-17(11-12-7-5-6-8-12)15(18)14(16)13-9-3-2-4-10-13/h2-4,9-10,12,14H,5-8,11,16H2,1H3/t14-/m1/s1. The van der Waals surface area contributed by atoms with Crippen LogP contribution in [0.25, 0.3) is 0 Å². The van der Waals surface area contributed by atoms with Crippen molar-refractivity contribution in [3.8, 4) is 0 Å². The summed E-state index contributed by atoms with van der Waals surface area (Å²) >= 11 is 0. The summed E-state index contributed by atoms with van der Waals surface area (Å²) in [6, 6.07) is 9.05. The molecule has 0 saturated heterocycles. The van der Waals surface area contributed by atoms with Crippen molar-refractivity contribution in [3.05, 3.63) is 35.9 Å². The van der Waals surface area contributed by atoms with Crippen molar-refractivity contribution in [1.82, 2.24) is 4.90 Å². The van der Waals surface area contributed by atoms with Gasteiger partial charge < -0.3 is 10.6 Å². The maximum absolute atomic E-state index is 12.2. The Bertz CT molecular complexity index is 385. The molecule has 3 nitrogen and oxygen atoms in total. The summed E-state index contributed by atoms with van der Waals surface area (Å²) in [5, 5.41) is 0. The van der Waals surface area contributed by atoms with Crippen LogP contribution in [0.2, 0.25) is 0 Å². The summed E-state index contributed by atoms with van der Waals surface area (Å²) in [5.74, 6) is 0.690. The number of carbonyl (C=O) groups excluding carboxylic acids is 1. The van der Waals surface area contributed by atoms with E-state index < -0.39 is 6.04 Å². The van der Waals surface area contributed by atoms with Gasteiger partial charge in [-0.25, -0.2) is 0 Å². The summed E-state index contributed by atoms with van der Waals surface area (Å²) < 4.78 is 0. The summed E-state index contributed by atoms with van der Waals surface area (Å²) in [6.07, 6.45) is 5.10. The number of benzene rings is 1. The van der Waals surface area contributed by atoms with Crippen molar-refractivity contribution in [2.45, 2.75) is 31.7 Å². The minimum Gasteiger partial charge on any atom is -0.344 e. The molecule has 1 fully saturated rings. The van der Waals surface area contributed by atoms with Gasteiger partial charge in [-0.2, -0.15) is 0 Å². The largest absolute Gasteiger partial charge is 0.344 e. The van der Waals surface area contributed by atoms with Crippen molar-refractivity contribution >= 4 is 5.91 Å². The van der Waals surface area contributed by atoms with E-state index >= 15 is 0 Å². The fraction of sp³-hybridized carbons (Fsp3) is 0.533. The second-order valence-electron chi connectivity index (χ2n) is 5.26. The lowest BCUT2D eigenvalue weighted by Crippen LogP contribution is -2.38. The zero-order chi connectivity index (χ0) is 13.0. The summed E-state index contributed by atoms with van der Waals surface area (Å²) in [4.78, 5) is 14.0. The molecule has 0 heterocycles. The zero-order valence-corrected chi connectivity index (χ0v) is 11.0. The summed E-state index contributed by atoms with van der Waals surface area (Å²) in [6.45, 7) is 0.847. The van der Waals surface area contributed by atoms with Crippen LogP contribution in [-0.4, -0.2) is 24.4 Å². The molecule has 1 amide bonds. The number of carbonyl (C=O) groups is 1. The third-order valence-corrected chi connectivity index (χ3v) is 3.81. The number of amides is 1. The van der Waals surface area contributed by atoms with Gasteiger partial charge in [0, 0.05) is 13.6 Å². The minimum atomic E-state index is -0.530. The van der Waals surface area contributed by atoms with Gasteiger partial charge in [-0.15, -0.1) is 0 Å². The molecule has 0 aliphatic heterocycles. The number of hydrogen-bond acceptors (Lipinski definition) is 2. The number of likely N-dealkylation sites (N-methyl/N-ethyl adjacent to an activating group) is 1. The monoisotopic (exact) mass is 246 g/mol. The highest BCUT2D eigenvalue weighted by atomic mass is 16.2. The van der Waals surface area contributed by atoms with Crippen molar-refractivity contribution < 1.29 is 4.79 Å². The molecule has 1 aliphatic rings. The number of nitrogens with two attached hydrogens (primary N) is 1. The quantitative estimate of drug-likeness (QED) is 0.886. The first-order chi connectivity index (χ1) is 8.68. The lowest BCUT2D eigenvalue weighted by molar-refractivity contribution is -0.132. The molecule has 2 N–H and O–H groups in total. The first-order valence-electron chi connectivity index (χ1n) is 6.74. The molecule has 1 aliphatic carbocycles. The van der Waals surface area contributed by atoms with Crippen LogP contribution in [-0.2, 0) is 4.79 Å². The van der Waals surface area contributed by atoms with Crippen LogP contribution in [0.4, 0.5) is 0 Å². The van der Waals surface area contributed by atoms with Crippen LogP contribution in [0.1, 0.15) is 37.3 Å². The van der Waals surface area contributed by atoms with E-state index in [9.17, 15) is 4.79 Å². The van der Waals surface area contributed by atoms with E-state index in [2.05, 4.69) is 0 Å². The topological polar surface area (TPSA) is 46.3 Å². The third kappa shape index (κ3) is 3.10. The Labute approximate surface area is 109 Å². The van der Waals surface area contributed by atoms with Crippen LogP contribution in [0.5, 0.6) is 0 Å². The van der Waals surface area contributed by atoms with E-state index in [1.807, 2.05) is 37.4 Å². The Hall–Kier alpha value is -1.35. The summed E-state index contributed by atoms with van der Waals surface area (Å²) in [5.41, 5.74) is 6.91. The highest BCUT2D eigenvalue weighted by Gasteiger charge is 2.23. The van der Waals surface area contributed by atoms with Crippen molar-refractivity contribution in [2.24, 2.45) is 11.7 Å². The van der Waals surface area contributed by atoms with Gasteiger partial charge in [0.25, 0.3) is 0 Å². The van der Waals surface area contributed by atoms with Gasteiger partial charge >= 0.3 is 0 Å². The van der Waals surface area contributed by atoms with E-state index in [-0.39, 0.29) is 5.91 Å². The lowest BCUT2D eigenvalue weighted by atomic mass is 10.0. The molecule has 0 bridgehead atoms. The summed E-state index contributed by atoms with van der Waals surface area (Å²) in [7, 11) is 1.86. The molecule has 1 aromatic carbocycles. The number of hydrogen-bond donors (Lipinski definition) is 1. The molecule has 3 heteroatoms. The Morgan fingerprint density at radius 1 is 1.33 bits per heavy atom. The number of rotatable bonds is 4.